The molecule has 216 valence electrons. The maximum absolute atomic E-state index is 13.8. The number of nitriles is 1. The molecule has 1 N–H and O–H groups in total. The Balaban J connectivity index is 1.86. The molecule has 0 saturated carbocycles. The van der Waals surface area contributed by atoms with E-state index in [1.165, 1.54) is 35.9 Å². The Kier molecular flexibility index (Phi) is 9.23. The number of methoxy groups -OCH3 is 1. The molecule has 0 saturated heterocycles. The number of aromatic hydroxyl groups is 1. The fourth-order valence-electron chi connectivity index (χ4n) is 4.96. The molecule has 1 aromatic heterocycles. The van der Waals surface area contributed by atoms with Gasteiger partial charge in [0.2, 0.25) is 15.7 Å². The van der Waals surface area contributed by atoms with Gasteiger partial charge < -0.3 is 9.84 Å². The summed E-state index contributed by atoms with van der Waals surface area (Å²) in [6.07, 6.45) is 2.24. The van der Waals surface area contributed by atoms with Crippen LogP contribution in [0.1, 0.15) is 66.5 Å². The molecule has 0 amide bonds. The quantitative estimate of drug-likeness (QED) is 0.242. The summed E-state index contributed by atoms with van der Waals surface area (Å²) in [5.74, 6) is -0.967. The van der Waals surface area contributed by atoms with Gasteiger partial charge in [0.05, 0.1) is 35.2 Å². The second kappa shape index (κ2) is 12.8. The van der Waals surface area contributed by atoms with Gasteiger partial charge in [-0.15, -0.1) is 0 Å². The lowest BCUT2D eigenvalue weighted by molar-refractivity contribution is 0.0601. The van der Waals surface area contributed by atoms with E-state index >= 15 is 0 Å². The van der Waals surface area contributed by atoms with Crippen LogP contribution >= 0.6 is 0 Å². The Bertz CT molecular complexity index is 1820. The summed E-state index contributed by atoms with van der Waals surface area (Å²) in [7, 11) is -3.24. The number of aromatic nitrogens is 2. The Morgan fingerprint density at radius 3 is 2.43 bits per heavy atom. The number of carbonyl (C=O) groups excluding carboxylic acids is 1. The van der Waals surface area contributed by atoms with Gasteiger partial charge in [-0.2, -0.15) is 10.2 Å². The molecule has 4 aromatic rings. The highest BCUT2D eigenvalue weighted by molar-refractivity contribution is 7.91. The lowest BCUT2D eigenvalue weighted by Crippen LogP contribution is -2.27. The van der Waals surface area contributed by atoms with Gasteiger partial charge in [-0.1, -0.05) is 62.7 Å². The summed E-state index contributed by atoms with van der Waals surface area (Å²) in [5, 5.41) is 20.9. The minimum atomic E-state index is -4.52. The maximum atomic E-state index is 13.8. The number of hydrogen-bond donors (Lipinski definition) is 1. The number of unbranched alkanes of at least 4 members (excludes halogenated alkanes) is 1. The molecule has 0 spiro atoms. The number of ether oxygens (including phenoxy) is 1. The van der Waals surface area contributed by atoms with Crippen molar-refractivity contribution in [1.29, 1.82) is 5.26 Å². The van der Waals surface area contributed by atoms with Crippen LogP contribution in [0.2, 0.25) is 0 Å². The molecule has 1 atom stereocenters. The molecule has 9 nitrogen and oxygen atoms in total. The standard InChI is InChI=1S/C32H31N3O6S/c1-4-6-14-28-34-30(36)29(31(37)35(28)27(5-2)23-11-9-10-21(19-23)20-33)42(39,40)24-17-15-22(16-18-24)25-12-7-8-13-26(25)32(38)41-3/h7-13,15-19,27,37H,4-6,14H2,1-3H3/t27-/m0/s1. The number of aryl methyl sites for hydroxylation is 1. The number of esters is 1. The molecule has 0 aliphatic carbocycles. The summed E-state index contributed by atoms with van der Waals surface area (Å²) in [6, 6.07) is 20.8. The topological polar surface area (TPSA) is 139 Å². The van der Waals surface area contributed by atoms with Crippen molar-refractivity contribution in [3.05, 3.63) is 106 Å². The van der Waals surface area contributed by atoms with E-state index in [1.54, 1.807) is 48.5 Å². The van der Waals surface area contributed by atoms with Gasteiger partial charge in [0, 0.05) is 6.42 Å². The second-order valence-corrected chi connectivity index (χ2v) is 11.6. The van der Waals surface area contributed by atoms with E-state index in [1.807, 2.05) is 13.8 Å². The average Bonchev–Trinajstić information content (AvgIpc) is 3.01. The summed E-state index contributed by atoms with van der Waals surface area (Å²) in [5.41, 5.74) is 1.46. The van der Waals surface area contributed by atoms with Gasteiger partial charge in [0.1, 0.15) is 5.82 Å². The first kappa shape index (κ1) is 30.2. The number of hydrogen-bond acceptors (Lipinski definition) is 8. The van der Waals surface area contributed by atoms with Crippen molar-refractivity contribution in [2.24, 2.45) is 0 Å². The molecule has 0 radical (unpaired) electrons. The maximum Gasteiger partial charge on any atom is 0.338 e. The lowest BCUT2D eigenvalue weighted by Gasteiger charge is -2.25. The molecule has 10 heteroatoms. The normalized spacial score (nSPS) is 12.0. The van der Waals surface area contributed by atoms with Crippen LogP contribution in [0, 0.1) is 11.3 Å². The minimum Gasteiger partial charge on any atom is -0.493 e. The zero-order chi connectivity index (χ0) is 30.4. The van der Waals surface area contributed by atoms with Crippen molar-refractivity contribution >= 4 is 15.8 Å². The first-order valence-corrected chi connectivity index (χ1v) is 15.0. The van der Waals surface area contributed by atoms with Crippen LogP contribution in [-0.2, 0) is 21.0 Å². The predicted octanol–water partition coefficient (Wildman–Crippen LogP) is 5.45. The van der Waals surface area contributed by atoms with Crippen LogP contribution in [0.25, 0.3) is 11.1 Å². The third kappa shape index (κ3) is 5.83. The fraction of sp³-hybridized carbons (Fsp3) is 0.250. The highest BCUT2D eigenvalue weighted by atomic mass is 32.2. The highest BCUT2D eigenvalue weighted by Crippen LogP contribution is 2.34. The van der Waals surface area contributed by atoms with E-state index in [9.17, 15) is 28.4 Å². The van der Waals surface area contributed by atoms with Crippen molar-refractivity contribution in [3.63, 3.8) is 0 Å². The molecule has 42 heavy (non-hydrogen) atoms. The Labute approximate surface area is 244 Å². The van der Waals surface area contributed by atoms with E-state index in [2.05, 4.69) is 11.1 Å². The van der Waals surface area contributed by atoms with E-state index in [0.717, 1.165) is 6.42 Å². The Hall–Kier alpha value is -4.75. The summed E-state index contributed by atoms with van der Waals surface area (Å²) in [6.45, 7) is 3.84. The van der Waals surface area contributed by atoms with Crippen LogP contribution in [0.4, 0.5) is 0 Å². The molecular weight excluding hydrogens is 554 g/mol. The van der Waals surface area contributed by atoms with Crippen LogP contribution < -0.4 is 5.56 Å². The highest BCUT2D eigenvalue weighted by Gasteiger charge is 2.32. The number of rotatable bonds is 10. The van der Waals surface area contributed by atoms with Crippen molar-refractivity contribution in [2.45, 2.75) is 55.4 Å². The zero-order valence-corrected chi connectivity index (χ0v) is 24.4. The molecule has 0 fully saturated rings. The molecule has 0 unspecified atom stereocenters. The smallest absolute Gasteiger partial charge is 0.338 e. The average molecular weight is 586 g/mol. The molecule has 3 aromatic carbocycles. The number of benzene rings is 3. The van der Waals surface area contributed by atoms with E-state index in [-0.39, 0.29) is 10.7 Å². The summed E-state index contributed by atoms with van der Waals surface area (Å²) in [4.78, 5) is 28.6. The Morgan fingerprint density at radius 2 is 1.79 bits per heavy atom. The predicted molar refractivity (Wildman–Crippen MR) is 157 cm³/mol. The van der Waals surface area contributed by atoms with Crippen molar-refractivity contribution in [1.82, 2.24) is 9.55 Å². The van der Waals surface area contributed by atoms with Crippen molar-refractivity contribution in [3.8, 4) is 23.1 Å². The van der Waals surface area contributed by atoms with Gasteiger partial charge >= 0.3 is 5.97 Å². The summed E-state index contributed by atoms with van der Waals surface area (Å²) >= 11 is 0. The van der Waals surface area contributed by atoms with E-state index in [4.69, 9.17) is 4.74 Å². The first-order chi connectivity index (χ1) is 20.2. The summed E-state index contributed by atoms with van der Waals surface area (Å²) < 4.78 is 33.9. The fourth-order valence-corrected chi connectivity index (χ4v) is 6.30. The van der Waals surface area contributed by atoms with Crippen molar-refractivity contribution in [2.75, 3.05) is 7.11 Å². The van der Waals surface area contributed by atoms with Crippen molar-refractivity contribution < 1.29 is 23.1 Å². The van der Waals surface area contributed by atoms with Gasteiger partial charge in [-0.25, -0.2) is 13.2 Å². The second-order valence-electron chi connectivity index (χ2n) is 9.69. The third-order valence-corrected chi connectivity index (χ3v) is 8.85. The number of nitrogens with zero attached hydrogens (tertiary/aromatic N) is 3. The number of sulfone groups is 1. The van der Waals surface area contributed by atoms with Gasteiger partial charge in [-0.3, -0.25) is 9.36 Å². The van der Waals surface area contributed by atoms with Crippen LogP contribution in [-0.4, -0.2) is 36.2 Å². The lowest BCUT2D eigenvalue weighted by atomic mass is 10.00. The molecule has 0 aliphatic rings. The third-order valence-electron chi connectivity index (χ3n) is 7.06. The van der Waals surface area contributed by atoms with Gasteiger partial charge in [0.15, 0.2) is 4.90 Å². The van der Waals surface area contributed by atoms with Gasteiger partial charge in [0.25, 0.3) is 5.56 Å². The van der Waals surface area contributed by atoms with Gasteiger partial charge in [-0.05, 0) is 59.9 Å². The van der Waals surface area contributed by atoms with Crippen LogP contribution in [0.15, 0.2) is 87.4 Å². The van der Waals surface area contributed by atoms with Crippen LogP contribution in [0.3, 0.4) is 0 Å². The molecule has 1 heterocycles. The zero-order valence-electron chi connectivity index (χ0n) is 23.6. The van der Waals surface area contributed by atoms with E-state index in [0.29, 0.717) is 47.1 Å². The SMILES string of the molecule is CCCCc1nc(=O)c(S(=O)(=O)c2ccc(-c3ccccc3C(=O)OC)cc2)c(O)n1[C@@H](CC)c1cccc(C#N)c1. The molecule has 0 bridgehead atoms. The minimum absolute atomic E-state index is 0.219. The van der Waals surface area contributed by atoms with E-state index < -0.39 is 38.2 Å². The largest absolute Gasteiger partial charge is 0.493 e. The molecular formula is C32H31N3O6S. The first-order valence-electron chi connectivity index (χ1n) is 13.5. The molecule has 0 aliphatic heterocycles. The molecule has 4 rings (SSSR count). The number of carbonyl (C=O) groups is 1. The van der Waals surface area contributed by atoms with Crippen LogP contribution in [0.5, 0.6) is 5.88 Å². The Morgan fingerprint density at radius 1 is 1.07 bits per heavy atom. The monoisotopic (exact) mass is 585 g/mol.